The number of carbonyl (C=O) groups excluding carboxylic acids is 1. The molecule has 1 aromatic carbocycles. The number of benzene rings is 1. The Morgan fingerprint density at radius 3 is 2.69 bits per heavy atom. The summed E-state index contributed by atoms with van der Waals surface area (Å²) in [5.74, 6) is -0.0958. The van der Waals surface area contributed by atoms with Crippen LogP contribution in [0, 0.1) is 13.8 Å². The second kappa shape index (κ2) is 7.85. The second-order valence-electron chi connectivity index (χ2n) is 6.81. The molecule has 5 nitrogen and oxygen atoms in total. The topological polar surface area (TPSA) is 51.4 Å². The Balaban J connectivity index is 1.99. The number of nitrogens with one attached hydrogen (secondary N) is 2. The fourth-order valence-electron chi connectivity index (χ4n) is 2.83. The van der Waals surface area contributed by atoms with Gasteiger partial charge in [0, 0.05) is 0 Å². The minimum atomic E-state index is -0.0958. The normalized spacial score (nSPS) is 11.1. The number of likely N-dealkylation sites (N-methyl/N-ethyl adjacent to an activating group) is 1. The van der Waals surface area contributed by atoms with Gasteiger partial charge >= 0.3 is 0 Å². The van der Waals surface area contributed by atoms with Gasteiger partial charge in [0.15, 0.2) is 0 Å². The number of nitrogens with zero attached hydrogens (tertiary/aromatic N) is 2. The van der Waals surface area contributed by atoms with Crippen LogP contribution in [-0.4, -0.2) is 42.9 Å². The molecule has 0 saturated heterocycles. The van der Waals surface area contributed by atoms with Crippen molar-refractivity contribution in [1.82, 2.24) is 15.1 Å². The monoisotopic (exact) mass is 369 g/mol. The molecule has 2 aromatic heterocycles. The summed E-state index contributed by atoms with van der Waals surface area (Å²) in [5, 5.41) is 9.77. The number of carbonyl (C=O) groups is 1. The molecule has 0 aliphatic carbocycles. The molecule has 0 bridgehead atoms. The van der Waals surface area contributed by atoms with Crippen LogP contribution in [-0.2, 0) is 0 Å². The van der Waals surface area contributed by atoms with E-state index in [9.17, 15) is 4.79 Å². The highest BCUT2D eigenvalue weighted by atomic mass is 32.1. The first-order valence-corrected chi connectivity index (χ1v) is 9.62. The van der Waals surface area contributed by atoms with Crippen LogP contribution >= 0.6 is 11.3 Å². The highest BCUT2D eigenvalue weighted by molar-refractivity contribution is 7.13. The zero-order chi connectivity index (χ0) is 18.7. The predicted molar refractivity (Wildman–Crippen MR) is 106 cm³/mol. The van der Waals surface area contributed by atoms with Crippen molar-refractivity contribution in [3.63, 3.8) is 0 Å². The predicted octanol–water partition coefficient (Wildman–Crippen LogP) is 2.09. The van der Waals surface area contributed by atoms with Gasteiger partial charge in [0.25, 0.3) is 5.91 Å². The van der Waals surface area contributed by atoms with Gasteiger partial charge in [-0.05, 0) is 43.0 Å². The Morgan fingerprint density at radius 1 is 1.23 bits per heavy atom. The van der Waals surface area contributed by atoms with Crippen LogP contribution in [0.4, 0.5) is 0 Å². The summed E-state index contributed by atoms with van der Waals surface area (Å²) >= 11 is 1.62. The maximum Gasteiger partial charge on any atom is 0.270 e. The summed E-state index contributed by atoms with van der Waals surface area (Å²) in [5.41, 5.74) is 4.61. The summed E-state index contributed by atoms with van der Waals surface area (Å²) < 4.78 is 1.77. The van der Waals surface area contributed by atoms with E-state index in [1.54, 1.807) is 16.0 Å². The van der Waals surface area contributed by atoms with Crippen molar-refractivity contribution in [3.8, 4) is 16.3 Å². The lowest BCUT2D eigenvalue weighted by molar-refractivity contribution is -0.856. The number of amides is 1. The third-order valence-electron chi connectivity index (χ3n) is 4.21. The van der Waals surface area contributed by atoms with Crippen molar-refractivity contribution in [3.05, 3.63) is 58.6 Å². The average Bonchev–Trinajstić information content (AvgIpc) is 3.24. The summed E-state index contributed by atoms with van der Waals surface area (Å²) in [6.07, 6.45) is 0. The lowest BCUT2D eigenvalue weighted by Crippen LogP contribution is -3.06. The van der Waals surface area contributed by atoms with Gasteiger partial charge in [0.05, 0.1) is 37.7 Å². The molecule has 0 atom stereocenters. The Bertz CT molecular complexity index is 897. The molecule has 0 saturated carbocycles. The zero-order valence-corrected chi connectivity index (χ0v) is 16.5. The second-order valence-corrected chi connectivity index (χ2v) is 7.75. The average molecular weight is 370 g/mol. The molecule has 3 rings (SSSR count). The highest BCUT2D eigenvalue weighted by Crippen LogP contribution is 2.26. The van der Waals surface area contributed by atoms with Gasteiger partial charge in [0.2, 0.25) is 0 Å². The Hall–Kier alpha value is -2.44. The van der Waals surface area contributed by atoms with E-state index >= 15 is 0 Å². The SMILES string of the molecule is Cc1ccc(-n2nc(-c3cccs3)cc2C(=O)NCC[NH+](C)C)c(C)c1. The van der Waals surface area contributed by atoms with Crippen molar-refractivity contribution in [2.45, 2.75) is 13.8 Å². The van der Waals surface area contributed by atoms with Crippen molar-refractivity contribution in [2.75, 3.05) is 27.2 Å². The standard InChI is InChI=1S/C20H24N4OS/c1-14-7-8-17(15(2)12-14)24-18(20(25)21-9-10-23(3)4)13-16(22-24)19-6-5-11-26-19/h5-8,11-13H,9-10H2,1-4H3,(H,21,25)/p+1. The van der Waals surface area contributed by atoms with Gasteiger partial charge in [-0.2, -0.15) is 5.10 Å². The van der Waals surface area contributed by atoms with Crippen LogP contribution in [0.3, 0.4) is 0 Å². The van der Waals surface area contributed by atoms with E-state index < -0.39 is 0 Å². The minimum absolute atomic E-state index is 0.0958. The maximum atomic E-state index is 12.8. The Kier molecular flexibility index (Phi) is 5.54. The molecule has 0 aliphatic rings. The van der Waals surface area contributed by atoms with Crippen LogP contribution in [0.5, 0.6) is 0 Å². The quantitative estimate of drug-likeness (QED) is 0.699. The van der Waals surface area contributed by atoms with Gasteiger partial charge in [0.1, 0.15) is 11.4 Å². The summed E-state index contributed by atoms with van der Waals surface area (Å²) in [7, 11) is 4.14. The van der Waals surface area contributed by atoms with Gasteiger partial charge in [-0.3, -0.25) is 4.79 Å². The third kappa shape index (κ3) is 4.03. The number of rotatable bonds is 6. The summed E-state index contributed by atoms with van der Waals surface area (Å²) in [4.78, 5) is 15.2. The smallest absolute Gasteiger partial charge is 0.270 e. The zero-order valence-electron chi connectivity index (χ0n) is 15.7. The Labute approximate surface area is 158 Å². The van der Waals surface area contributed by atoms with Crippen LogP contribution in [0.2, 0.25) is 0 Å². The molecule has 0 spiro atoms. The summed E-state index contributed by atoms with van der Waals surface area (Å²) in [6.45, 7) is 5.62. The van der Waals surface area contributed by atoms with Gasteiger partial charge in [-0.15, -0.1) is 11.3 Å². The number of thiophene rings is 1. The molecule has 6 heteroatoms. The first kappa shape index (κ1) is 18.4. The van der Waals surface area contributed by atoms with Crippen molar-refractivity contribution in [1.29, 1.82) is 0 Å². The van der Waals surface area contributed by atoms with E-state index in [1.807, 2.05) is 42.6 Å². The van der Waals surface area contributed by atoms with Crippen LogP contribution in [0.15, 0.2) is 41.8 Å². The molecule has 26 heavy (non-hydrogen) atoms. The van der Waals surface area contributed by atoms with Crippen molar-refractivity contribution < 1.29 is 9.69 Å². The molecule has 0 radical (unpaired) electrons. The molecule has 0 fully saturated rings. The molecule has 136 valence electrons. The molecular weight excluding hydrogens is 344 g/mol. The van der Waals surface area contributed by atoms with E-state index in [-0.39, 0.29) is 5.91 Å². The summed E-state index contributed by atoms with van der Waals surface area (Å²) in [6, 6.07) is 12.1. The third-order valence-corrected chi connectivity index (χ3v) is 5.10. The van der Waals surface area contributed by atoms with E-state index in [0.29, 0.717) is 12.2 Å². The molecule has 0 unspecified atom stereocenters. The van der Waals surface area contributed by atoms with E-state index in [2.05, 4.69) is 32.4 Å². The Morgan fingerprint density at radius 2 is 2.04 bits per heavy atom. The first-order valence-electron chi connectivity index (χ1n) is 8.74. The highest BCUT2D eigenvalue weighted by Gasteiger charge is 2.19. The van der Waals surface area contributed by atoms with Gasteiger partial charge in [-0.1, -0.05) is 23.8 Å². The maximum absolute atomic E-state index is 12.8. The molecule has 2 N–H and O–H groups in total. The molecule has 1 amide bonds. The van der Waals surface area contributed by atoms with Crippen LogP contribution in [0.25, 0.3) is 16.3 Å². The fourth-order valence-corrected chi connectivity index (χ4v) is 3.51. The van der Waals surface area contributed by atoms with Gasteiger partial charge < -0.3 is 10.2 Å². The number of aryl methyl sites for hydroxylation is 2. The number of aromatic nitrogens is 2. The van der Waals surface area contributed by atoms with Crippen LogP contribution in [0.1, 0.15) is 21.6 Å². The number of hydrogen-bond acceptors (Lipinski definition) is 3. The number of quaternary nitrogens is 1. The van der Waals surface area contributed by atoms with E-state index in [4.69, 9.17) is 5.10 Å². The van der Waals surface area contributed by atoms with E-state index in [1.165, 1.54) is 10.5 Å². The van der Waals surface area contributed by atoms with Crippen molar-refractivity contribution >= 4 is 17.2 Å². The van der Waals surface area contributed by atoms with Crippen molar-refractivity contribution in [2.24, 2.45) is 0 Å². The lowest BCUT2D eigenvalue weighted by atomic mass is 10.1. The fraction of sp³-hybridized carbons (Fsp3) is 0.300. The lowest BCUT2D eigenvalue weighted by Gasteiger charge is -2.12. The molecular formula is C20H25N4OS+. The largest absolute Gasteiger partial charge is 0.345 e. The molecule has 2 heterocycles. The van der Waals surface area contributed by atoms with E-state index in [0.717, 1.165) is 28.4 Å². The first-order chi connectivity index (χ1) is 12.5. The molecule has 3 aromatic rings. The van der Waals surface area contributed by atoms with Crippen LogP contribution < -0.4 is 10.2 Å². The number of hydrogen-bond donors (Lipinski definition) is 2. The van der Waals surface area contributed by atoms with Gasteiger partial charge in [-0.25, -0.2) is 4.68 Å². The minimum Gasteiger partial charge on any atom is -0.345 e. The molecule has 0 aliphatic heterocycles.